The lowest BCUT2D eigenvalue weighted by Crippen LogP contribution is -2.28. The lowest BCUT2D eigenvalue weighted by molar-refractivity contribution is -0.147. The highest BCUT2D eigenvalue weighted by Crippen LogP contribution is 2.12. The van der Waals surface area contributed by atoms with Gasteiger partial charge in [0.15, 0.2) is 6.61 Å². The van der Waals surface area contributed by atoms with Gasteiger partial charge in [-0.25, -0.2) is 0 Å². The van der Waals surface area contributed by atoms with E-state index in [9.17, 15) is 9.59 Å². The standard InChI is InChI=1S/C19H21ClN2O3/c1-22(2)17-9-5-15(6-10-17)12-21-18(23)13-25-19(24)11-14-3-7-16(20)8-4-14/h3-10H,11-13H2,1-2H3,(H,21,23). The molecular weight excluding hydrogens is 340 g/mol. The zero-order valence-corrected chi connectivity index (χ0v) is 15.0. The molecule has 0 heterocycles. The SMILES string of the molecule is CN(C)c1ccc(CNC(=O)COC(=O)Cc2ccc(Cl)cc2)cc1. The lowest BCUT2D eigenvalue weighted by Gasteiger charge is -2.13. The Balaban J connectivity index is 1.71. The summed E-state index contributed by atoms with van der Waals surface area (Å²) in [5, 5.41) is 3.33. The summed E-state index contributed by atoms with van der Waals surface area (Å²) in [6.45, 7) is 0.101. The summed E-state index contributed by atoms with van der Waals surface area (Å²) in [7, 11) is 3.93. The van der Waals surface area contributed by atoms with Crippen molar-refractivity contribution in [1.82, 2.24) is 5.32 Å². The van der Waals surface area contributed by atoms with Crippen molar-refractivity contribution in [1.29, 1.82) is 0 Å². The van der Waals surface area contributed by atoms with Gasteiger partial charge in [-0.1, -0.05) is 35.9 Å². The van der Waals surface area contributed by atoms with Gasteiger partial charge >= 0.3 is 5.97 Å². The number of carbonyl (C=O) groups is 2. The fourth-order valence-electron chi connectivity index (χ4n) is 2.13. The summed E-state index contributed by atoms with van der Waals surface area (Å²) in [4.78, 5) is 25.5. The number of esters is 1. The molecule has 2 aromatic rings. The van der Waals surface area contributed by atoms with E-state index in [0.29, 0.717) is 11.6 Å². The smallest absolute Gasteiger partial charge is 0.310 e. The third-order valence-corrected chi connectivity index (χ3v) is 3.82. The molecule has 0 fully saturated rings. The average molecular weight is 361 g/mol. The number of carbonyl (C=O) groups excluding carboxylic acids is 2. The number of ether oxygens (including phenoxy) is 1. The quantitative estimate of drug-likeness (QED) is 0.771. The molecule has 0 aromatic heterocycles. The second-order valence-electron chi connectivity index (χ2n) is 5.80. The van der Waals surface area contributed by atoms with Gasteiger partial charge in [0.05, 0.1) is 6.42 Å². The first-order chi connectivity index (χ1) is 11.9. The van der Waals surface area contributed by atoms with Crippen molar-refractivity contribution in [2.45, 2.75) is 13.0 Å². The van der Waals surface area contributed by atoms with Crippen LogP contribution in [0.25, 0.3) is 0 Å². The Labute approximate surface area is 152 Å². The van der Waals surface area contributed by atoms with E-state index < -0.39 is 5.97 Å². The molecule has 1 N–H and O–H groups in total. The summed E-state index contributed by atoms with van der Waals surface area (Å²) in [6.07, 6.45) is 0.108. The molecule has 2 aromatic carbocycles. The molecule has 0 aliphatic carbocycles. The van der Waals surface area contributed by atoms with E-state index in [0.717, 1.165) is 16.8 Å². The van der Waals surface area contributed by atoms with Crippen molar-refractivity contribution in [3.05, 3.63) is 64.7 Å². The molecule has 0 saturated heterocycles. The molecule has 0 saturated carbocycles. The van der Waals surface area contributed by atoms with E-state index in [4.69, 9.17) is 16.3 Å². The van der Waals surface area contributed by atoms with Gasteiger partial charge in [-0.3, -0.25) is 9.59 Å². The molecule has 5 nitrogen and oxygen atoms in total. The first-order valence-electron chi connectivity index (χ1n) is 7.87. The zero-order chi connectivity index (χ0) is 18.2. The second-order valence-corrected chi connectivity index (χ2v) is 6.24. The minimum absolute atomic E-state index is 0.108. The highest BCUT2D eigenvalue weighted by molar-refractivity contribution is 6.30. The van der Waals surface area contributed by atoms with Crippen molar-refractivity contribution in [2.75, 3.05) is 25.6 Å². The Kier molecular flexibility index (Phi) is 6.83. The van der Waals surface area contributed by atoms with Gasteiger partial charge in [0.1, 0.15) is 0 Å². The van der Waals surface area contributed by atoms with Crippen LogP contribution in [0.15, 0.2) is 48.5 Å². The summed E-state index contributed by atoms with van der Waals surface area (Å²) < 4.78 is 4.99. The number of anilines is 1. The van der Waals surface area contributed by atoms with Gasteiger partial charge < -0.3 is 15.0 Å². The second kappa shape index (κ2) is 9.08. The van der Waals surface area contributed by atoms with Crippen LogP contribution in [0.4, 0.5) is 5.69 Å². The normalized spacial score (nSPS) is 10.2. The Morgan fingerprint density at radius 3 is 2.20 bits per heavy atom. The van der Waals surface area contributed by atoms with Gasteiger partial charge in [-0.05, 0) is 35.4 Å². The highest BCUT2D eigenvalue weighted by atomic mass is 35.5. The molecule has 0 bridgehead atoms. The Bertz CT molecular complexity index is 712. The van der Waals surface area contributed by atoms with Crippen LogP contribution in [-0.4, -0.2) is 32.6 Å². The van der Waals surface area contributed by atoms with Crippen molar-refractivity contribution < 1.29 is 14.3 Å². The number of rotatable bonds is 7. The molecule has 0 unspecified atom stereocenters. The summed E-state index contributed by atoms with van der Waals surface area (Å²) in [5.74, 6) is -0.783. The van der Waals surface area contributed by atoms with E-state index in [1.54, 1.807) is 24.3 Å². The van der Waals surface area contributed by atoms with Gasteiger partial charge in [0.25, 0.3) is 5.91 Å². The van der Waals surface area contributed by atoms with Crippen LogP contribution in [0.5, 0.6) is 0 Å². The molecule has 2 rings (SSSR count). The van der Waals surface area contributed by atoms with Crippen LogP contribution in [0, 0.1) is 0 Å². The highest BCUT2D eigenvalue weighted by Gasteiger charge is 2.08. The van der Waals surface area contributed by atoms with E-state index in [1.807, 2.05) is 43.3 Å². The maximum atomic E-state index is 11.8. The maximum absolute atomic E-state index is 11.8. The van der Waals surface area contributed by atoms with Crippen LogP contribution in [0.1, 0.15) is 11.1 Å². The molecule has 0 atom stereocenters. The summed E-state index contributed by atoms with van der Waals surface area (Å²) >= 11 is 5.79. The topological polar surface area (TPSA) is 58.6 Å². The molecule has 0 aliphatic heterocycles. The molecule has 0 aliphatic rings. The van der Waals surface area contributed by atoms with Gasteiger partial charge in [-0.2, -0.15) is 0 Å². The Morgan fingerprint density at radius 2 is 1.60 bits per heavy atom. The number of amides is 1. The first kappa shape index (κ1) is 18.8. The number of halogens is 1. The fraction of sp³-hybridized carbons (Fsp3) is 0.263. The molecule has 6 heteroatoms. The van der Waals surface area contributed by atoms with E-state index >= 15 is 0 Å². The van der Waals surface area contributed by atoms with E-state index in [-0.39, 0.29) is 18.9 Å². The zero-order valence-electron chi connectivity index (χ0n) is 14.3. The number of nitrogens with zero attached hydrogens (tertiary/aromatic N) is 1. The summed E-state index contributed by atoms with van der Waals surface area (Å²) in [5.41, 5.74) is 2.86. The van der Waals surface area contributed by atoms with Crippen LogP contribution < -0.4 is 10.2 Å². The predicted molar refractivity (Wildman–Crippen MR) is 98.7 cm³/mol. The number of hydrogen-bond donors (Lipinski definition) is 1. The van der Waals surface area contributed by atoms with Crippen LogP contribution in [0.3, 0.4) is 0 Å². The van der Waals surface area contributed by atoms with Crippen molar-refractivity contribution >= 4 is 29.2 Å². The third kappa shape index (κ3) is 6.47. The van der Waals surface area contributed by atoms with Gasteiger partial charge in [0, 0.05) is 31.4 Å². The number of hydrogen-bond acceptors (Lipinski definition) is 4. The predicted octanol–water partition coefficient (Wildman–Crippen LogP) is 2.81. The minimum atomic E-state index is -0.451. The van der Waals surface area contributed by atoms with Crippen LogP contribution in [0.2, 0.25) is 5.02 Å². The number of nitrogens with one attached hydrogen (secondary N) is 1. The monoisotopic (exact) mass is 360 g/mol. The third-order valence-electron chi connectivity index (χ3n) is 3.57. The molecule has 1 amide bonds. The maximum Gasteiger partial charge on any atom is 0.310 e. The van der Waals surface area contributed by atoms with Crippen molar-refractivity contribution in [2.24, 2.45) is 0 Å². The Hall–Kier alpha value is -2.53. The van der Waals surface area contributed by atoms with Crippen molar-refractivity contribution in [3.8, 4) is 0 Å². The molecule has 0 radical (unpaired) electrons. The minimum Gasteiger partial charge on any atom is -0.455 e. The van der Waals surface area contributed by atoms with E-state index in [2.05, 4.69) is 5.32 Å². The molecule has 25 heavy (non-hydrogen) atoms. The molecule has 132 valence electrons. The molecular formula is C19H21ClN2O3. The van der Waals surface area contributed by atoms with E-state index in [1.165, 1.54) is 0 Å². The lowest BCUT2D eigenvalue weighted by atomic mass is 10.1. The van der Waals surface area contributed by atoms with Crippen molar-refractivity contribution in [3.63, 3.8) is 0 Å². The Morgan fingerprint density at radius 1 is 1.00 bits per heavy atom. The number of benzene rings is 2. The van der Waals surface area contributed by atoms with Crippen LogP contribution in [-0.2, 0) is 27.3 Å². The first-order valence-corrected chi connectivity index (χ1v) is 8.25. The van der Waals surface area contributed by atoms with Crippen LogP contribution >= 0.6 is 11.6 Å². The van der Waals surface area contributed by atoms with Gasteiger partial charge in [-0.15, -0.1) is 0 Å². The largest absolute Gasteiger partial charge is 0.455 e. The summed E-state index contributed by atoms with van der Waals surface area (Å²) in [6, 6.07) is 14.8. The average Bonchev–Trinajstić information content (AvgIpc) is 2.60. The van der Waals surface area contributed by atoms with Gasteiger partial charge in [0.2, 0.25) is 0 Å². The fourth-order valence-corrected chi connectivity index (χ4v) is 2.26. The molecule has 0 spiro atoms.